The number of methoxy groups -OCH3 is 1. The van der Waals surface area contributed by atoms with Gasteiger partial charge >= 0.3 is 0 Å². The molecular weight excluding hydrogens is 246 g/mol. The Morgan fingerprint density at radius 1 is 1.39 bits per heavy atom. The van der Waals surface area contributed by atoms with E-state index >= 15 is 0 Å². The van der Waals surface area contributed by atoms with Crippen LogP contribution < -0.4 is 10.1 Å². The van der Waals surface area contributed by atoms with Crippen LogP contribution in [-0.2, 0) is 0 Å². The van der Waals surface area contributed by atoms with Crippen molar-refractivity contribution in [1.29, 1.82) is 0 Å². The maximum atomic E-state index is 5.26. The van der Waals surface area contributed by atoms with Gasteiger partial charge in [-0.3, -0.25) is 0 Å². The zero-order valence-electron chi connectivity index (χ0n) is 10.2. The molecule has 0 unspecified atom stereocenters. The predicted molar refractivity (Wildman–Crippen MR) is 72.3 cm³/mol. The summed E-state index contributed by atoms with van der Waals surface area (Å²) in [4.78, 5) is 0. The van der Waals surface area contributed by atoms with Crippen LogP contribution in [0.25, 0.3) is 0 Å². The van der Waals surface area contributed by atoms with E-state index in [2.05, 4.69) is 33.1 Å². The lowest BCUT2D eigenvalue weighted by Crippen LogP contribution is -2.33. The molecule has 1 aliphatic carbocycles. The third-order valence-corrected chi connectivity index (χ3v) is 4.01. The molecule has 1 N–H and O–H groups in total. The van der Waals surface area contributed by atoms with Gasteiger partial charge in [-0.05, 0) is 36.5 Å². The van der Waals surface area contributed by atoms with Crippen molar-refractivity contribution in [2.45, 2.75) is 24.8 Å². The number of ether oxygens (including phenoxy) is 1. The first-order valence-corrected chi connectivity index (χ1v) is 6.80. The van der Waals surface area contributed by atoms with Crippen molar-refractivity contribution in [2.24, 2.45) is 0 Å². The first-order valence-electron chi connectivity index (χ1n) is 6.03. The molecule has 1 aromatic heterocycles. The van der Waals surface area contributed by atoms with Crippen molar-refractivity contribution in [3.05, 3.63) is 36.0 Å². The summed E-state index contributed by atoms with van der Waals surface area (Å²) in [5.74, 6) is 1.58. The summed E-state index contributed by atoms with van der Waals surface area (Å²) in [5.41, 5.74) is 1.37. The quantitative estimate of drug-likeness (QED) is 0.919. The molecule has 0 spiro atoms. The topological polar surface area (TPSA) is 47.0 Å². The zero-order valence-corrected chi connectivity index (χ0v) is 11.0. The number of nitrogens with one attached hydrogen (secondary N) is 1. The van der Waals surface area contributed by atoms with Crippen LogP contribution in [0, 0.1) is 0 Å². The van der Waals surface area contributed by atoms with E-state index in [9.17, 15) is 0 Å². The Hall–Kier alpha value is -1.62. The average molecular weight is 261 g/mol. The summed E-state index contributed by atoms with van der Waals surface area (Å²) < 4.78 is 9.10. The Kier molecular flexibility index (Phi) is 3.15. The van der Waals surface area contributed by atoms with Crippen molar-refractivity contribution < 1.29 is 4.74 Å². The fourth-order valence-corrected chi connectivity index (χ4v) is 2.83. The van der Waals surface area contributed by atoms with Gasteiger partial charge in [-0.2, -0.15) is 0 Å². The molecular formula is C13H15N3OS. The fourth-order valence-electron chi connectivity index (χ4n) is 2.34. The number of nitrogens with zero attached hydrogens (tertiary/aromatic N) is 2. The molecule has 0 aliphatic heterocycles. The van der Waals surface area contributed by atoms with Crippen LogP contribution in [0.3, 0.4) is 0 Å². The Bertz CT molecular complexity index is 509. The van der Waals surface area contributed by atoms with E-state index in [-0.39, 0.29) is 0 Å². The summed E-state index contributed by atoms with van der Waals surface area (Å²) in [5, 5.41) is 8.33. The van der Waals surface area contributed by atoms with Crippen molar-refractivity contribution in [3.63, 3.8) is 0 Å². The number of rotatable bonds is 4. The van der Waals surface area contributed by atoms with E-state index in [1.807, 2.05) is 6.07 Å². The summed E-state index contributed by atoms with van der Waals surface area (Å²) in [6, 6.07) is 8.90. The first-order chi connectivity index (χ1) is 8.85. The Morgan fingerprint density at radius 2 is 2.28 bits per heavy atom. The third kappa shape index (κ3) is 2.31. The fraction of sp³-hybridized carbons (Fsp3) is 0.385. The van der Waals surface area contributed by atoms with Gasteiger partial charge in [0.15, 0.2) is 0 Å². The van der Waals surface area contributed by atoms with E-state index in [1.165, 1.54) is 17.1 Å². The van der Waals surface area contributed by atoms with Crippen LogP contribution in [0.1, 0.15) is 24.3 Å². The van der Waals surface area contributed by atoms with Crippen LogP contribution in [0.15, 0.2) is 30.5 Å². The molecule has 94 valence electrons. The first kappa shape index (κ1) is 11.5. The van der Waals surface area contributed by atoms with Crippen LogP contribution in [0.5, 0.6) is 5.75 Å². The van der Waals surface area contributed by atoms with Gasteiger partial charge in [0.25, 0.3) is 0 Å². The second-order valence-electron chi connectivity index (χ2n) is 4.57. The zero-order chi connectivity index (χ0) is 12.4. The van der Waals surface area contributed by atoms with Gasteiger partial charge in [-0.15, -0.1) is 5.10 Å². The predicted octanol–water partition coefficient (Wildman–Crippen LogP) is 2.90. The minimum atomic E-state index is 0.545. The summed E-state index contributed by atoms with van der Waals surface area (Å²) in [7, 11) is 1.71. The van der Waals surface area contributed by atoms with Gasteiger partial charge in [-0.25, -0.2) is 0 Å². The minimum absolute atomic E-state index is 0.545. The Labute approximate surface area is 110 Å². The number of anilines is 1. The molecule has 1 heterocycles. The summed E-state index contributed by atoms with van der Waals surface area (Å²) in [6.45, 7) is 0. The van der Waals surface area contributed by atoms with Crippen LogP contribution >= 0.6 is 11.5 Å². The second-order valence-corrected chi connectivity index (χ2v) is 5.35. The van der Waals surface area contributed by atoms with E-state index in [1.54, 1.807) is 13.3 Å². The average Bonchev–Trinajstić information content (AvgIpc) is 2.86. The SMILES string of the molecule is COc1cccc(C2CC(Nc3cnns3)C2)c1. The van der Waals surface area contributed by atoms with E-state index in [4.69, 9.17) is 4.74 Å². The number of benzene rings is 1. The highest BCUT2D eigenvalue weighted by Crippen LogP contribution is 2.39. The summed E-state index contributed by atoms with van der Waals surface area (Å²) in [6.07, 6.45) is 4.10. The standard InChI is InChI=1S/C13H15N3OS/c1-17-12-4-2-3-9(7-12)10-5-11(6-10)15-13-8-14-16-18-13/h2-4,7-8,10-11,15H,5-6H2,1H3. The summed E-state index contributed by atoms with van der Waals surface area (Å²) >= 11 is 1.41. The molecule has 1 aliphatic rings. The minimum Gasteiger partial charge on any atom is -0.497 e. The number of hydrogen-bond donors (Lipinski definition) is 1. The lowest BCUT2D eigenvalue weighted by molar-refractivity contribution is 0.371. The monoisotopic (exact) mass is 261 g/mol. The lowest BCUT2D eigenvalue weighted by atomic mass is 9.76. The molecule has 2 aromatic rings. The highest BCUT2D eigenvalue weighted by molar-refractivity contribution is 7.09. The Balaban J connectivity index is 1.58. The molecule has 1 fully saturated rings. The third-order valence-electron chi connectivity index (χ3n) is 3.41. The molecule has 5 heteroatoms. The van der Waals surface area contributed by atoms with E-state index in [0.717, 1.165) is 23.6 Å². The van der Waals surface area contributed by atoms with Crippen LogP contribution in [-0.4, -0.2) is 22.7 Å². The molecule has 0 atom stereocenters. The molecule has 0 amide bonds. The van der Waals surface area contributed by atoms with E-state index in [0.29, 0.717) is 12.0 Å². The smallest absolute Gasteiger partial charge is 0.130 e. The van der Waals surface area contributed by atoms with Crippen molar-refractivity contribution in [2.75, 3.05) is 12.4 Å². The van der Waals surface area contributed by atoms with Gasteiger partial charge in [0.1, 0.15) is 10.8 Å². The number of aromatic nitrogens is 2. The Morgan fingerprint density at radius 3 is 3.00 bits per heavy atom. The highest BCUT2D eigenvalue weighted by atomic mass is 32.1. The largest absolute Gasteiger partial charge is 0.497 e. The van der Waals surface area contributed by atoms with Gasteiger partial charge in [0, 0.05) is 17.6 Å². The molecule has 18 heavy (non-hydrogen) atoms. The molecule has 0 bridgehead atoms. The maximum absolute atomic E-state index is 5.26. The molecule has 1 saturated carbocycles. The number of hydrogen-bond acceptors (Lipinski definition) is 5. The van der Waals surface area contributed by atoms with Gasteiger partial charge in [-0.1, -0.05) is 16.6 Å². The second kappa shape index (κ2) is 4.94. The van der Waals surface area contributed by atoms with Gasteiger partial charge in [0.05, 0.1) is 13.3 Å². The van der Waals surface area contributed by atoms with Gasteiger partial charge in [0.2, 0.25) is 0 Å². The van der Waals surface area contributed by atoms with Crippen molar-refractivity contribution >= 4 is 16.5 Å². The highest BCUT2D eigenvalue weighted by Gasteiger charge is 2.30. The lowest BCUT2D eigenvalue weighted by Gasteiger charge is -2.36. The van der Waals surface area contributed by atoms with Gasteiger partial charge < -0.3 is 10.1 Å². The molecule has 3 rings (SSSR count). The molecule has 1 aromatic carbocycles. The maximum Gasteiger partial charge on any atom is 0.130 e. The molecule has 0 saturated heterocycles. The van der Waals surface area contributed by atoms with Crippen LogP contribution in [0.4, 0.5) is 5.00 Å². The van der Waals surface area contributed by atoms with Crippen LogP contribution in [0.2, 0.25) is 0 Å². The van der Waals surface area contributed by atoms with E-state index < -0.39 is 0 Å². The molecule has 4 nitrogen and oxygen atoms in total. The van der Waals surface area contributed by atoms with Crippen molar-refractivity contribution in [3.8, 4) is 5.75 Å². The molecule has 0 radical (unpaired) electrons. The van der Waals surface area contributed by atoms with Crippen molar-refractivity contribution in [1.82, 2.24) is 9.59 Å². The normalized spacial score (nSPS) is 22.3.